The number of aliphatic hydroxyl groups excluding tert-OH is 1. The van der Waals surface area contributed by atoms with Crippen molar-refractivity contribution in [1.29, 1.82) is 5.26 Å². The van der Waals surface area contributed by atoms with Crippen LogP contribution in [-0.2, 0) is 6.42 Å². The number of aromatic nitrogens is 2. The second-order valence-corrected chi connectivity index (χ2v) is 11.0. The molecular formula is C24H29F3N6OS. The van der Waals surface area contributed by atoms with Crippen molar-refractivity contribution in [3.8, 4) is 6.07 Å². The van der Waals surface area contributed by atoms with Gasteiger partial charge in [0.2, 0.25) is 0 Å². The number of allylic oxidation sites excluding steroid dienone is 1. The van der Waals surface area contributed by atoms with Gasteiger partial charge in [0.25, 0.3) is 0 Å². The summed E-state index contributed by atoms with van der Waals surface area (Å²) in [6, 6.07) is 4.21. The summed E-state index contributed by atoms with van der Waals surface area (Å²) in [4.78, 5) is 11.7. The highest BCUT2D eigenvalue weighted by Gasteiger charge is 2.42. The van der Waals surface area contributed by atoms with Crippen LogP contribution in [0.15, 0.2) is 24.2 Å². The van der Waals surface area contributed by atoms with E-state index in [1.165, 1.54) is 6.33 Å². The number of likely N-dealkylation sites (tertiary alicyclic amines) is 1. The summed E-state index contributed by atoms with van der Waals surface area (Å²) in [5.74, 6) is 1.36. The molecule has 4 heterocycles. The normalized spacial score (nSPS) is 27.8. The van der Waals surface area contributed by atoms with Crippen LogP contribution in [0, 0.1) is 29.1 Å². The summed E-state index contributed by atoms with van der Waals surface area (Å²) in [6.07, 6.45) is 2.07. The van der Waals surface area contributed by atoms with Gasteiger partial charge in [-0.25, -0.2) is 9.97 Å². The minimum atomic E-state index is -4.24. The Morgan fingerprint density at radius 2 is 2.03 bits per heavy atom. The van der Waals surface area contributed by atoms with Crippen LogP contribution in [0.25, 0.3) is 10.2 Å². The molecule has 0 spiro atoms. The highest BCUT2D eigenvalue weighted by Crippen LogP contribution is 2.40. The summed E-state index contributed by atoms with van der Waals surface area (Å²) in [5.41, 5.74) is 0.626. The maximum atomic E-state index is 12.8. The number of hydrogen-bond acceptors (Lipinski definition) is 8. The zero-order valence-corrected chi connectivity index (χ0v) is 20.1. The van der Waals surface area contributed by atoms with Gasteiger partial charge in [-0.05, 0) is 49.7 Å². The van der Waals surface area contributed by atoms with Crippen LogP contribution in [0.5, 0.6) is 0 Å². The Kier molecular flexibility index (Phi) is 6.88. The van der Waals surface area contributed by atoms with Crippen molar-refractivity contribution in [2.24, 2.45) is 17.8 Å². The minimum Gasteiger partial charge on any atom is -0.396 e. The molecule has 2 aliphatic heterocycles. The number of alkyl halides is 3. The molecule has 4 atom stereocenters. The van der Waals surface area contributed by atoms with Crippen molar-refractivity contribution >= 4 is 27.4 Å². The van der Waals surface area contributed by atoms with Gasteiger partial charge in [-0.1, -0.05) is 0 Å². The van der Waals surface area contributed by atoms with Crippen molar-refractivity contribution < 1.29 is 18.3 Å². The van der Waals surface area contributed by atoms with E-state index in [9.17, 15) is 23.5 Å². The van der Waals surface area contributed by atoms with E-state index in [2.05, 4.69) is 31.6 Å². The molecule has 0 bridgehead atoms. The largest absolute Gasteiger partial charge is 0.396 e. The van der Waals surface area contributed by atoms with Crippen molar-refractivity contribution in [2.45, 2.75) is 50.4 Å². The highest BCUT2D eigenvalue weighted by atomic mass is 32.1. The lowest BCUT2D eigenvalue weighted by Crippen LogP contribution is -2.48. The number of nitriles is 1. The van der Waals surface area contributed by atoms with Gasteiger partial charge in [0.15, 0.2) is 0 Å². The summed E-state index contributed by atoms with van der Waals surface area (Å²) in [7, 11) is 0. The van der Waals surface area contributed by atoms with Gasteiger partial charge in [0, 0.05) is 49.1 Å². The van der Waals surface area contributed by atoms with Crippen LogP contribution >= 0.6 is 11.3 Å². The van der Waals surface area contributed by atoms with Gasteiger partial charge >= 0.3 is 6.18 Å². The molecule has 1 saturated heterocycles. The van der Waals surface area contributed by atoms with E-state index in [-0.39, 0.29) is 35.4 Å². The highest BCUT2D eigenvalue weighted by molar-refractivity contribution is 7.18. The second kappa shape index (κ2) is 9.91. The molecule has 1 aliphatic carbocycles. The number of aliphatic hydroxyl groups is 1. The van der Waals surface area contributed by atoms with Crippen LogP contribution < -0.4 is 10.6 Å². The number of rotatable bonds is 6. The van der Waals surface area contributed by atoms with Crippen molar-refractivity contribution in [2.75, 3.05) is 31.6 Å². The van der Waals surface area contributed by atoms with Gasteiger partial charge in [-0.15, -0.1) is 11.3 Å². The Morgan fingerprint density at radius 1 is 1.23 bits per heavy atom. The average Bonchev–Trinajstić information content (AvgIpc) is 3.43. The fourth-order valence-corrected chi connectivity index (χ4v) is 6.94. The van der Waals surface area contributed by atoms with Crippen LogP contribution in [0.3, 0.4) is 0 Å². The van der Waals surface area contributed by atoms with Gasteiger partial charge in [-0.3, -0.25) is 0 Å². The quantitative estimate of drug-likeness (QED) is 0.550. The van der Waals surface area contributed by atoms with Gasteiger partial charge in [0.05, 0.1) is 11.8 Å². The molecule has 2 aromatic heterocycles. The third-order valence-corrected chi connectivity index (χ3v) is 8.66. The summed E-state index contributed by atoms with van der Waals surface area (Å²) in [5, 5.41) is 26.7. The Balaban J connectivity index is 1.17. The molecule has 4 unspecified atom stereocenters. The fraction of sp³-hybridized carbons (Fsp3) is 0.625. The Morgan fingerprint density at radius 3 is 2.74 bits per heavy atom. The van der Waals surface area contributed by atoms with Gasteiger partial charge in [-0.2, -0.15) is 18.4 Å². The van der Waals surface area contributed by atoms with E-state index in [1.54, 1.807) is 6.07 Å². The lowest BCUT2D eigenvalue weighted by molar-refractivity contribution is -0.126. The lowest BCUT2D eigenvalue weighted by Gasteiger charge is -2.42. The van der Waals surface area contributed by atoms with Crippen LogP contribution in [0.4, 0.5) is 19.0 Å². The molecule has 5 rings (SSSR count). The first-order valence-corrected chi connectivity index (χ1v) is 12.9. The Hall–Kier alpha value is -2.42. The van der Waals surface area contributed by atoms with Gasteiger partial charge in [0.1, 0.15) is 28.7 Å². The predicted octanol–water partition coefficient (Wildman–Crippen LogP) is 3.69. The van der Waals surface area contributed by atoms with Crippen molar-refractivity contribution in [1.82, 2.24) is 20.2 Å². The first-order chi connectivity index (χ1) is 16.8. The van der Waals surface area contributed by atoms with Crippen molar-refractivity contribution in [3.05, 3.63) is 29.0 Å². The molecule has 2 aromatic rings. The SMILES string of the molecule is N#CC1=CC2C(CCC(CN3CCC(Nc4ncnc5sc(CC(F)(F)F)cc45)CC3)C2CO)N1. The topological polar surface area (TPSA) is 97.1 Å². The van der Waals surface area contributed by atoms with Crippen LogP contribution in [-0.4, -0.2) is 64.5 Å². The summed E-state index contributed by atoms with van der Waals surface area (Å²) < 4.78 is 38.4. The molecule has 3 aliphatic rings. The molecule has 11 heteroatoms. The molecule has 0 amide bonds. The summed E-state index contributed by atoms with van der Waals surface area (Å²) >= 11 is 1.06. The Bertz CT molecular complexity index is 1120. The number of anilines is 1. The van der Waals surface area contributed by atoms with Crippen molar-refractivity contribution in [3.63, 3.8) is 0 Å². The molecule has 35 heavy (non-hydrogen) atoms. The van der Waals surface area contributed by atoms with E-state index in [0.29, 0.717) is 27.6 Å². The first-order valence-electron chi connectivity index (χ1n) is 12.1. The molecular weight excluding hydrogens is 477 g/mol. The predicted molar refractivity (Wildman–Crippen MR) is 128 cm³/mol. The monoisotopic (exact) mass is 506 g/mol. The smallest absolute Gasteiger partial charge is 0.393 e. The lowest BCUT2D eigenvalue weighted by atomic mass is 9.70. The molecule has 7 nitrogen and oxygen atoms in total. The standard InChI is InChI=1S/C24H29F3N6OS/c25-24(26,27)9-17-8-19-22(29-13-30-23(19)35-17)32-15-3-5-33(6-4-15)11-14-1-2-21-18(20(14)12-34)7-16(10-28)31-21/h7-8,13-15,18,20-21,31,34H,1-6,9,11-12H2,(H,29,30,32). The maximum absolute atomic E-state index is 12.8. The van der Waals surface area contributed by atoms with Gasteiger partial charge < -0.3 is 20.6 Å². The average molecular weight is 507 g/mol. The molecule has 3 N–H and O–H groups in total. The van der Waals surface area contributed by atoms with Crippen LogP contribution in [0.1, 0.15) is 30.6 Å². The molecule has 0 radical (unpaired) electrons. The number of fused-ring (bicyclic) bond motifs is 2. The Labute approximate surface area is 206 Å². The number of halogens is 3. The minimum absolute atomic E-state index is 0.126. The number of nitrogens with zero attached hydrogens (tertiary/aromatic N) is 4. The zero-order chi connectivity index (χ0) is 24.6. The van der Waals surface area contributed by atoms with E-state index < -0.39 is 12.6 Å². The maximum Gasteiger partial charge on any atom is 0.393 e. The molecule has 1 saturated carbocycles. The zero-order valence-electron chi connectivity index (χ0n) is 19.3. The third kappa shape index (κ3) is 5.39. The van der Waals surface area contributed by atoms with E-state index >= 15 is 0 Å². The number of thiophene rings is 1. The molecule has 2 fully saturated rings. The second-order valence-electron chi connectivity index (χ2n) is 9.87. The summed E-state index contributed by atoms with van der Waals surface area (Å²) in [6.45, 7) is 2.88. The van der Waals surface area contributed by atoms with E-state index in [0.717, 1.165) is 56.7 Å². The van der Waals surface area contributed by atoms with Crippen LogP contribution in [0.2, 0.25) is 0 Å². The first kappa shape index (κ1) is 24.3. The third-order valence-electron chi connectivity index (χ3n) is 7.62. The fourth-order valence-electron chi connectivity index (χ4n) is 5.92. The number of hydrogen-bond donors (Lipinski definition) is 3. The number of piperidine rings is 1. The number of nitrogens with one attached hydrogen (secondary N) is 2. The molecule has 0 aromatic carbocycles. The van der Waals surface area contributed by atoms with E-state index in [1.807, 2.05) is 6.08 Å². The molecule has 188 valence electrons. The van der Waals surface area contributed by atoms with E-state index in [4.69, 9.17) is 0 Å².